The summed E-state index contributed by atoms with van der Waals surface area (Å²) in [6, 6.07) is 0. The lowest BCUT2D eigenvalue weighted by Gasteiger charge is -2.34. The van der Waals surface area contributed by atoms with Crippen LogP contribution in [-0.4, -0.2) is 58.2 Å². The Morgan fingerprint density at radius 1 is 0.550 bits per heavy atom. The lowest BCUT2D eigenvalue weighted by molar-refractivity contribution is -0.0553. The SMILES string of the molecule is CCO[Si](OC)(OCC)O[Si](OCC)(OCC)OCC. The summed E-state index contributed by atoms with van der Waals surface area (Å²) < 4.78 is 39.3. The molecule has 0 fully saturated rings. The van der Waals surface area contributed by atoms with Crippen LogP contribution in [0.15, 0.2) is 0 Å². The summed E-state index contributed by atoms with van der Waals surface area (Å²) in [7, 11) is -5.18. The molecule has 0 rings (SSSR count). The van der Waals surface area contributed by atoms with E-state index in [0.717, 1.165) is 0 Å². The molecule has 0 spiro atoms. The second-order valence-electron chi connectivity index (χ2n) is 3.47. The summed E-state index contributed by atoms with van der Waals surface area (Å²) in [6.07, 6.45) is 0. The van der Waals surface area contributed by atoms with Crippen molar-refractivity contribution in [1.29, 1.82) is 0 Å². The van der Waals surface area contributed by atoms with Crippen LogP contribution in [0.2, 0.25) is 0 Å². The van der Waals surface area contributed by atoms with E-state index < -0.39 is 18.1 Å². The molecule has 0 aromatic heterocycles. The van der Waals surface area contributed by atoms with Gasteiger partial charge in [0, 0.05) is 40.1 Å². The summed E-state index contributed by atoms with van der Waals surface area (Å²) in [5, 5.41) is 0. The van der Waals surface area contributed by atoms with Crippen molar-refractivity contribution >= 4 is 18.1 Å². The molecule has 7 nitrogen and oxygen atoms in total. The first kappa shape index (κ1) is 20.2. The Balaban J connectivity index is 5.19. The van der Waals surface area contributed by atoms with Crippen LogP contribution in [0, 0.1) is 0 Å². The molecular formula is C11H28O7Si2. The van der Waals surface area contributed by atoms with E-state index in [1.807, 2.05) is 34.6 Å². The predicted molar refractivity (Wildman–Crippen MR) is 77.7 cm³/mol. The van der Waals surface area contributed by atoms with Gasteiger partial charge in [-0.25, -0.2) is 0 Å². The average molecular weight is 329 g/mol. The lowest BCUT2D eigenvalue weighted by Crippen LogP contribution is -2.61. The van der Waals surface area contributed by atoms with Crippen LogP contribution in [0.25, 0.3) is 0 Å². The molecule has 0 aliphatic heterocycles. The van der Waals surface area contributed by atoms with Crippen LogP contribution in [0.4, 0.5) is 0 Å². The molecule has 20 heavy (non-hydrogen) atoms. The van der Waals surface area contributed by atoms with Crippen molar-refractivity contribution in [1.82, 2.24) is 0 Å². The van der Waals surface area contributed by atoms with Gasteiger partial charge in [-0.1, -0.05) is 0 Å². The van der Waals surface area contributed by atoms with Crippen LogP contribution < -0.4 is 0 Å². The van der Waals surface area contributed by atoms with Crippen LogP contribution >= 0.6 is 0 Å². The molecule has 0 saturated carbocycles. The monoisotopic (exact) mass is 328 g/mol. The summed E-state index contributed by atoms with van der Waals surface area (Å²) in [6.45, 7) is 11.2. The van der Waals surface area contributed by atoms with Crippen LogP contribution in [0.1, 0.15) is 34.6 Å². The third-order valence-corrected chi connectivity index (χ3v) is 7.82. The molecule has 0 saturated heterocycles. The van der Waals surface area contributed by atoms with Crippen molar-refractivity contribution in [2.75, 3.05) is 40.1 Å². The zero-order valence-corrected chi connectivity index (χ0v) is 15.4. The van der Waals surface area contributed by atoms with Gasteiger partial charge in [0.15, 0.2) is 0 Å². The van der Waals surface area contributed by atoms with E-state index in [2.05, 4.69) is 0 Å². The van der Waals surface area contributed by atoms with E-state index in [0.29, 0.717) is 33.0 Å². The third kappa shape index (κ3) is 6.28. The minimum absolute atomic E-state index is 0.398. The molecule has 0 bridgehead atoms. The Labute approximate surface area is 124 Å². The topological polar surface area (TPSA) is 64.6 Å². The molecule has 9 heteroatoms. The first-order valence-corrected chi connectivity index (χ1v) is 10.3. The second kappa shape index (κ2) is 10.8. The third-order valence-electron chi connectivity index (χ3n) is 2.11. The molecule has 0 aliphatic rings. The molecule has 0 aliphatic carbocycles. The molecule has 122 valence electrons. The maximum absolute atomic E-state index is 5.92. The maximum Gasteiger partial charge on any atom is 0.673 e. The van der Waals surface area contributed by atoms with Crippen molar-refractivity contribution < 1.29 is 30.7 Å². The minimum atomic E-state index is -3.34. The number of hydrogen-bond donors (Lipinski definition) is 0. The maximum atomic E-state index is 5.92. The summed E-state index contributed by atoms with van der Waals surface area (Å²) in [5.41, 5.74) is 0. The Morgan fingerprint density at radius 2 is 0.850 bits per heavy atom. The summed E-state index contributed by atoms with van der Waals surface area (Å²) in [4.78, 5) is 0. The van der Waals surface area contributed by atoms with E-state index in [4.69, 9.17) is 30.7 Å². The number of rotatable bonds is 13. The molecular weight excluding hydrogens is 300 g/mol. The highest BCUT2D eigenvalue weighted by atomic mass is 28.5. The second-order valence-corrected chi connectivity index (χ2v) is 8.14. The largest absolute Gasteiger partial charge is 0.673 e. The highest BCUT2D eigenvalue weighted by Crippen LogP contribution is 2.21. The standard InChI is InChI=1S/C11H28O7Si2/c1-7-13-19(12-6,14-8-2)18-20(15-9-3,16-10-4)17-11-5/h7-11H2,1-6H3. The summed E-state index contributed by atoms with van der Waals surface area (Å²) >= 11 is 0. The first-order valence-electron chi connectivity index (χ1n) is 7.02. The van der Waals surface area contributed by atoms with Gasteiger partial charge in [0.1, 0.15) is 0 Å². The van der Waals surface area contributed by atoms with E-state index in [1.54, 1.807) is 0 Å². The Morgan fingerprint density at radius 3 is 1.10 bits per heavy atom. The quantitative estimate of drug-likeness (QED) is 0.477. The van der Waals surface area contributed by atoms with Gasteiger partial charge >= 0.3 is 18.1 Å². The van der Waals surface area contributed by atoms with Gasteiger partial charge < -0.3 is 30.7 Å². The minimum Gasteiger partial charge on any atom is -0.355 e. The zero-order valence-electron chi connectivity index (χ0n) is 13.4. The smallest absolute Gasteiger partial charge is 0.355 e. The van der Waals surface area contributed by atoms with Crippen LogP contribution in [0.5, 0.6) is 0 Å². The fourth-order valence-electron chi connectivity index (χ4n) is 1.51. The van der Waals surface area contributed by atoms with Crippen LogP contribution in [-0.2, 0) is 30.7 Å². The van der Waals surface area contributed by atoms with Gasteiger partial charge in [0.05, 0.1) is 0 Å². The predicted octanol–water partition coefficient (Wildman–Crippen LogP) is 1.70. The molecule has 0 radical (unpaired) electrons. The zero-order chi connectivity index (χ0) is 15.5. The molecule has 0 aromatic carbocycles. The van der Waals surface area contributed by atoms with E-state index in [-0.39, 0.29) is 0 Å². The molecule has 0 unspecified atom stereocenters. The van der Waals surface area contributed by atoms with Gasteiger partial charge in [0.25, 0.3) is 0 Å². The number of hydrogen-bond acceptors (Lipinski definition) is 7. The van der Waals surface area contributed by atoms with Crippen LogP contribution in [0.3, 0.4) is 0 Å². The van der Waals surface area contributed by atoms with Crippen molar-refractivity contribution in [3.8, 4) is 0 Å². The van der Waals surface area contributed by atoms with Gasteiger partial charge in [-0.05, 0) is 34.6 Å². The lowest BCUT2D eigenvalue weighted by atomic mass is 10.9. The van der Waals surface area contributed by atoms with E-state index in [1.165, 1.54) is 7.11 Å². The fourth-order valence-corrected chi connectivity index (χ4v) is 6.58. The van der Waals surface area contributed by atoms with E-state index >= 15 is 0 Å². The fraction of sp³-hybridized carbons (Fsp3) is 1.00. The van der Waals surface area contributed by atoms with Crippen molar-refractivity contribution in [3.05, 3.63) is 0 Å². The van der Waals surface area contributed by atoms with Crippen molar-refractivity contribution in [2.24, 2.45) is 0 Å². The Bertz CT molecular complexity index is 220. The summed E-state index contributed by atoms with van der Waals surface area (Å²) in [5.74, 6) is 0. The first-order chi connectivity index (χ1) is 9.57. The van der Waals surface area contributed by atoms with Gasteiger partial charge in [0.2, 0.25) is 0 Å². The highest BCUT2D eigenvalue weighted by Gasteiger charge is 2.58. The van der Waals surface area contributed by atoms with Gasteiger partial charge in [-0.15, -0.1) is 0 Å². The van der Waals surface area contributed by atoms with Crippen molar-refractivity contribution in [3.63, 3.8) is 0 Å². The Kier molecular flexibility index (Phi) is 10.9. The molecule has 0 heterocycles. The molecule has 0 aromatic rings. The van der Waals surface area contributed by atoms with E-state index in [9.17, 15) is 0 Å². The molecule has 0 N–H and O–H groups in total. The average Bonchev–Trinajstić information content (AvgIpc) is 2.40. The van der Waals surface area contributed by atoms with Gasteiger partial charge in [-0.3, -0.25) is 0 Å². The molecule has 0 amide bonds. The van der Waals surface area contributed by atoms with Gasteiger partial charge in [-0.2, -0.15) is 0 Å². The highest BCUT2D eigenvalue weighted by molar-refractivity contribution is 6.68. The van der Waals surface area contributed by atoms with Crippen molar-refractivity contribution in [2.45, 2.75) is 34.6 Å². The normalized spacial score (nSPS) is 12.9. The Hall–Kier alpha value is 0.154. The molecule has 0 atom stereocenters.